The molecule has 4 rings (SSSR count). The Morgan fingerprint density at radius 2 is 2.20 bits per heavy atom. The van der Waals surface area contributed by atoms with Gasteiger partial charge < -0.3 is 14.4 Å². The van der Waals surface area contributed by atoms with Crippen LogP contribution in [0.25, 0.3) is 0 Å². The largest absolute Gasteiger partial charge is 0.486 e. The van der Waals surface area contributed by atoms with E-state index in [1.54, 1.807) is 18.6 Å². The van der Waals surface area contributed by atoms with E-state index >= 15 is 0 Å². The first-order chi connectivity index (χ1) is 12.2. The molecule has 6 nitrogen and oxygen atoms in total. The number of nitrogens with zero attached hydrogens (tertiary/aromatic N) is 3. The zero-order valence-electron chi connectivity index (χ0n) is 14.2. The van der Waals surface area contributed by atoms with Crippen LogP contribution in [-0.4, -0.2) is 52.2 Å². The van der Waals surface area contributed by atoms with Gasteiger partial charge in [0.15, 0.2) is 0 Å². The van der Waals surface area contributed by atoms with Crippen LogP contribution in [0.2, 0.25) is 0 Å². The van der Waals surface area contributed by atoms with E-state index in [-0.39, 0.29) is 24.2 Å². The predicted octanol–water partition coefficient (Wildman–Crippen LogP) is 2.24. The average molecular weight is 339 g/mol. The lowest BCUT2D eigenvalue weighted by molar-refractivity contribution is -0.0786. The summed E-state index contributed by atoms with van der Waals surface area (Å²) < 4.78 is 12.0. The number of aromatic nitrogens is 2. The van der Waals surface area contributed by atoms with Gasteiger partial charge in [-0.25, -0.2) is 0 Å². The van der Waals surface area contributed by atoms with Gasteiger partial charge in [0, 0.05) is 24.6 Å². The Balaban J connectivity index is 1.49. The molecule has 0 unspecified atom stereocenters. The molecule has 1 aliphatic carbocycles. The maximum absolute atomic E-state index is 12.9. The van der Waals surface area contributed by atoms with Crippen molar-refractivity contribution >= 4 is 5.91 Å². The maximum atomic E-state index is 12.9. The lowest BCUT2D eigenvalue weighted by Crippen LogP contribution is -2.54. The Labute approximate surface area is 146 Å². The number of hydrogen-bond donors (Lipinski definition) is 0. The van der Waals surface area contributed by atoms with E-state index in [0.29, 0.717) is 18.7 Å². The molecule has 0 bridgehead atoms. The highest BCUT2D eigenvalue weighted by Crippen LogP contribution is 2.33. The fraction of sp³-hybridized carbons (Fsp3) is 0.421. The minimum Gasteiger partial charge on any atom is -0.486 e. The van der Waals surface area contributed by atoms with E-state index in [2.05, 4.69) is 9.97 Å². The van der Waals surface area contributed by atoms with Crippen LogP contribution in [0.5, 0.6) is 5.75 Å². The zero-order chi connectivity index (χ0) is 17.2. The lowest BCUT2D eigenvalue weighted by Gasteiger charge is -2.39. The first-order valence-electron chi connectivity index (χ1n) is 8.64. The molecule has 1 saturated carbocycles. The zero-order valence-corrected chi connectivity index (χ0v) is 14.2. The van der Waals surface area contributed by atoms with Crippen LogP contribution in [0.3, 0.4) is 0 Å². The predicted molar refractivity (Wildman–Crippen MR) is 91.4 cm³/mol. The number of amides is 1. The standard InChI is InChI=1S/C19H21N3O3/c1-13-4-5-14(11-21-13)19(23)22-9-10-24-18-16(22)6-7-17(18)25-15-3-2-8-20-12-15/h2-5,8,11-12,16-18H,6-7,9-10H2,1H3/t16-,17-,18+/m1/s1. The number of pyridine rings is 2. The summed E-state index contributed by atoms with van der Waals surface area (Å²) in [7, 11) is 0. The van der Waals surface area contributed by atoms with Crippen LogP contribution < -0.4 is 4.74 Å². The summed E-state index contributed by atoms with van der Waals surface area (Å²) in [5.41, 5.74) is 1.53. The summed E-state index contributed by atoms with van der Waals surface area (Å²) in [4.78, 5) is 23.1. The van der Waals surface area contributed by atoms with Gasteiger partial charge in [-0.15, -0.1) is 0 Å². The third-order valence-electron chi connectivity index (χ3n) is 4.88. The molecule has 1 saturated heterocycles. The van der Waals surface area contributed by atoms with Crippen molar-refractivity contribution in [3.63, 3.8) is 0 Å². The highest BCUT2D eigenvalue weighted by atomic mass is 16.5. The average Bonchev–Trinajstić information content (AvgIpc) is 3.06. The fourth-order valence-corrected chi connectivity index (χ4v) is 3.65. The Bertz CT molecular complexity index is 735. The number of ether oxygens (including phenoxy) is 2. The Kier molecular flexibility index (Phi) is 4.36. The maximum Gasteiger partial charge on any atom is 0.255 e. The second kappa shape index (κ2) is 6.80. The molecule has 0 N–H and O–H groups in total. The Hall–Kier alpha value is -2.47. The molecule has 0 radical (unpaired) electrons. The fourth-order valence-electron chi connectivity index (χ4n) is 3.65. The van der Waals surface area contributed by atoms with E-state index in [1.807, 2.05) is 36.1 Å². The second-order valence-electron chi connectivity index (χ2n) is 6.51. The summed E-state index contributed by atoms with van der Waals surface area (Å²) in [6, 6.07) is 7.50. The van der Waals surface area contributed by atoms with Crippen molar-refractivity contribution in [2.75, 3.05) is 13.2 Å². The highest BCUT2D eigenvalue weighted by Gasteiger charge is 2.45. The third-order valence-corrected chi connectivity index (χ3v) is 4.88. The van der Waals surface area contributed by atoms with E-state index in [4.69, 9.17) is 9.47 Å². The Morgan fingerprint density at radius 3 is 2.96 bits per heavy atom. The quantitative estimate of drug-likeness (QED) is 0.858. The molecule has 130 valence electrons. The van der Waals surface area contributed by atoms with Crippen molar-refractivity contribution < 1.29 is 14.3 Å². The highest BCUT2D eigenvalue weighted by molar-refractivity contribution is 5.94. The van der Waals surface area contributed by atoms with Crippen molar-refractivity contribution in [2.24, 2.45) is 0 Å². The minimum absolute atomic E-state index is 0.0211. The molecule has 1 amide bonds. The van der Waals surface area contributed by atoms with E-state index in [9.17, 15) is 4.79 Å². The number of aryl methyl sites for hydroxylation is 1. The van der Waals surface area contributed by atoms with Crippen LogP contribution in [0.4, 0.5) is 0 Å². The van der Waals surface area contributed by atoms with Gasteiger partial charge in [0.25, 0.3) is 5.91 Å². The van der Waals surface area contributed by atoms with Crippen molar-refractivity contribution in [1.29, 1.82) is 0 Å². The van der Waals surface area contributed by atoms with Gasteiger partial charge in [0.1, 0.15) is 18.0 Å². The van der Waals surface area contributed by atoms with Gasteiger partial charge >= 0.3 is 0 Å². The molecule has 3 heterocycles. The topological polar surface area (TPSA) is 64.6 Å². The monoisotopic (exact) mass is 339 g/mol. The van der Waals surface area contributed by atoms with Gasteiger partial charge in [-0.2, -0.15) is 0 Å². The molecular formula is C19H21N3O3. The van der Waals surface area contributed by atoms with Gasteiger partial charge in [-0.3, -0.25) is 14.8 Å². The van der Waals surface area contributed by atoms with Gasteiger partial charge in [0.2, 0.25) is 0 Å². The molecular weight excluding hydrogens is 318 g/mol. The van der Waals surface area contributed by atoms with Crippen LogP contribution in [0.1, 0.15) is 28.9 Å². The summed E-state index contributed by atoms with van der Waals surface area (Å²) in [6.07, 6.45) is 6.66. The van der Waals surface area contributed by atoms with Crippen LogP contribution >= 0.6 is 0 Å². The second-order valence-corrected chi connectivity index (χ2v) is 6.51. The summed E-state index contributed by atoms with van der Waals surface area (Å²) >= 11 is 0. The van der Waals surface area contributed by atoms with Crippen molar-refractivity contribution in [3.8, 4) is 5.75 Å². The third kappa shape index (κ3) is 3.22. The van der Waals surface area contributed by atoms with Gasteiger partial charge in [0.05, 0.1) is 24.4 Å². The van der Waals surface area contributed by atoms with Gasteiger partial charge in [-0.05, 0) is 44.0 Å². The molecule has 2 aromatic rings. The van der Waals surface area contributed by atoms with Crippen LogP contribution in [-0.2, 0) is 4.74 Å². The SMILES string of the molecule is Cc1ccc(C(=O)N2CCO[C@H]3[C@H]2CC[C@H]3Oc2cccnc2)cn1. The molecule has 2 fully saturated rings. The molecule has 2 aliphatic rings. The molecule has 25 heavy (non-hydrogen) atoms. The van der Waals surface area contributed by atoms with Gasteiger partial charge in [-0.1, -0.05) is 0 Å². The number of morpholine rings is 1. The minimum atomic E-state index is -0.101. The van der Waals surface area contributed by atoms with Crippen LogP contribution in [0.15, 0.2) is 42.9 Å². The summed E-state index contributed by atoms with van der Waals surface area (Å²) in [5, 5.41) is 0. The first-order valence-corrected chi connectivity index (χ1v) is 8.64. The van der Waals surface area contributed by atoms with Crippen LogP contribution in [0, 0.1) is 6.92 Å². The number of fused-ring (bicyclic) bond motifs is 1. The molecule has 2 aromatic heterocycles. The molecule has 0 aromatic carbocycles. The van der Waals surface area contributed by atoms with Crippen molar-refractivity contribution in [1.82, 2.24) is 14.9 Å². The van der Waals surface area contributed by atoms with E-state index < -0.39 is 0 Å². The molecule has 3 atom stereocenters. The smallest absolute Gasteiger partial charge is 0.255 e. The summed E-state index contributed by atoms with van der Waals surface area (Å²) in [6.45, 7) is 3.04. The summed E-state index contributed by atoms with van der Waals surface area (Å²) in [5.74, 6) is 0.760. The molecule has 0 spiro atoms. The molecule has 6 heteroatoms. The normalized spacial score (nSPS) is 25.5. The van der Waals surface area contributed by atoms with E-state index in [1.165, 1.54) is 0 Å². The Morgan fingerprint density at radius 1 is 1.28 bits per heavy atom. The number of rotatable bonds is 3. The number of carbonyl (C=O) groups excluding carboxylic acids is 1. The molecule has 1 aliphatic heterocycles. The first kappa shape index (κ1) is 16.0. The van der Waals surface area contributed by atoms with E-state index in [0.717, 1.165) is 24.3 Å². The van der Waals surface area contributed by atoms with Crippen molar-refractivity contribution in [2.45, 2.75) is 38.0 Å². The lowest BCUT2D eigenvalue weighted by atomic mass is 10.1. The van der Waals surface area contributed by atoms with Crippen molar-refractivity contribution in [3.05, 3.63) is 54.1 Å². The number of carbonyl (C=O) groups is 1. The number of hydrogen-bond acceptors (Lipinski definition) is 5.